The first-order valence-corrected chi connectivity index (χ1v) is 10.0. The maximum atomic E-state index is 12.0. The minimum Gasteiger partial charge on any atom is -0.364 e. The molecule has 0 N–H and O–H groups in total. The Hall–Kier alpha value is -2.75. The van der Waals surface area contributed by atoms with Crippen LogP contribution >= 0.6 is 0 Å². The van der Waals surface area contributed by atoms with Crippen LogP contribution in [0.15, 0.2) is 41.4 Å². The Morgan fingerprint density at radius 3 is 2.46 bits per heavy atom. The van der Waals surface area contributed by atoms with Gasteiger partial charge in [0.05, 0.1) is 4.92 Å². The summed E-state index contributed by atoms with van der Waals surface area (Å²) in [6, 6.07) is 8.11. The van der Waals surface area contributed by atoms with E-state index in [-0.39, 0.29) is 10.6 Å². The smallest absolute Gasteiger partial charge is 0.311 e. The number of para-hydroxylation sites is 1. The van der Waals surface area contributed by atoms with Crippen molar-refractivity contribution in [3.63, 3.8) is 0 Å². The van der Waals surface area contributed by atoms with Gasteiger partial charge in [-0.1, -0.05) is 6.07 Å². The van der Waals surface area contributed by atoms with E-state index >= 15 is 0 Å². The SMILES string of the molecule is CS(=O)(=O)c1cccc(N2CCCN(c3cccnn3)CC2)c1[N+](=O)[O-]. The number of sulfone groups is 1. The van der Waals surface area contributed by atoms with Crippen molar-refractivity contribution in [2.45, 2.75) is 11.3 Å². The molecule has 3 rings (SSSR count). The summed E-state index contributed by atoms with van der Waals surface area (Å²) in [6.45, 7) is 2.46. The lowest BCUT2D eigenvalue weighted by Gasteiger charge is -2.24. The molecule has 1 aromatic carbocycles. The molecule has 1 saturated heterocycles. The Labute approximate surface area is 151 Å². The summed E-state index contributed by atoms with van der Waals surface area (Å²) in [5, 5.41) is 19.6. The van der Waals surface area contributed by atoms with E-state index in [4.69, 9.17) is 0 Å². The van der Waals surface area contributed by atoms with Crippen molar-refractivity contribution in [2.75, 3.05) is 42.2 Å². The largest absolute Gasteiger partial charge is 0.364 e. The number of benzene rings is 1. The number of anilines is 2. The third-order valence-corrected chi connectivity index (χ3v) is 5.41. The van der Waals surface area contributed by atoms with Crippen LogP contribution in [0, 0.1) is 10.1 Å². The van der Waals surface area contributed by atoms with Crippen LogP contribution in [0.25, 0.3) is 0 Å². The van der Waals surface area contributed by atoms with Gasteiger partial charge in [0.25, 0.3) is 0 Å². The quantitative estimate of drug-likeness (QED) is 0.582. The average molecular weight is 377 g/mol. The molecule has 2 heterocycles. The summed E-state index contributed by atoms with van der Waals surface area (Å²) in [5.41, 5.74) is -0.0260. The highest BCUT2D eigenvalue weighted by Gasteiger charge is 2.29. The van der Waals surface area contributed by atoms with Gasteiger partial charge in [-0.25, -0.2) is 8.42 Å². The normalized spacial score (nSPS) is 15.6. The van der Waals surface area contributed by atoms with Gasteiger partial charge in [0.2, 0.25) is 0 Å². The molecule has 1 aromatic heterocycles. The number of nitro groups is 1. The van der Waals surface area contributed by atoms with E-state index in [2.05, 4.69) is 15.1 Å². The van der Waals surface area contributed by atoms with Crippen LogP contribution < -0.4 is 9.80 Å². The summed E-state index contributed by atoms with van der Waals surface area (Å²) in [6.07, 6.45) is 3.35. The van der Waals surface area contributed by atoms with Gasteiger partial charge >= 0.3 is 5.69 Å². The van der Waals surface area contributed by atoms with Gasteiger partial charge in [0, 0.05) is 38.6 Å². The summed E-state index contributed by atoms with van der Waals surface area (Å²) in [4.78, 5) is 14.7. The highest BCUT2D eigenvalue weighted by molar-refractivity contribution is 7.90. The summed E-state index contributed by atoms with van der Waals surface area (Å²) in [7, 11) is -3.70. The number of hydrogen-bond donors (Lipinski definition) is 0. The van der Waals surface area contributed by atoms with Crippen molar-refractivity contribution in [3.8, 4) is 0 Å². The second-order valence-corrected chi connectivity index (χ2v) is 8.05. The fourth-order valence-electron chi connectivity index (χ4n) is 3.10. The van der Waals surface area contributed by atoms with E-state index in [9.17, 15) is 18.5 Å². The number of rotatable bonds is 4. The zero-order chi connectivity index (χ0) is 18.7. The predicted molar refractivity (Wildman–Crippen MR) is 97.3 cm³/mol. The van der Waals surface area contributed by atoms with Gasteiger partial charge in [-0.2, -0.15) is 5.10 Å². The average Bonchev–Trinajstić information content (AvgIpc) is 2.87. The fraction of sp³-hybridized carbons (Fsp3) is 0.375. The van der Waals surface area contributed by atoms with Crippen molar-refractivity contribution in [2.24, 2.45) is 0 Å². The van der Waals surface area contributed by atoms with Gasteiger partial charge < -0.3 is 9.80 Å². The van der Waals surface area contributed by atoms with Gasteiger partial charge in [-0.15, -0.1) is 5.10 Å². The summed E-state index contributed by atoms with van der Waals surface area (Å²) >= 11 is 0. The molecule has 1 aliphatic rings. The maximum absolute atomic E-state index is 12.0. The molecule has 0 amide bonds. The van der Waals surface area contributed by atoms with Crippen molar-refractivity contribution in [1.82, 2.24) is 10.2 Å². The molecule has 138 valence electrons. The molecule has 0 radical (unpaired) electrons. The van der Waals surface area contributed by atoms with Crippen LogP contribution in [-0.4, -0.2) is 56.0 Å². The first-order chi connectivity index (χ1) is 12.4. The van der Waals surface area contributed by atoms with E-state index in [1.165, 1.54) is 6.07 Å². The van der Waals surface area contributed by atoms with Crippen LogP contribution in [0.4, 0.5) is 17.2 Å². The molecule has 0 aliphatic carbocycles. The lowest BCUT2D eigenvalue weighted by molar-refractivity contribution is -0.387. The van der Waals surface area contributed by atoms with E-state index in [0.717, 1.165) is 25.0 Å². The summed E-state index contributed by atoms with van der Waals surface area (Å²) in [5.74, 6) is 0.758. The number of nitro benzene ring substituents is 1. The van der Waals surface area contributed by atoms with Gasteiger partial charge in [0.1, 0.15) is 10.6 Å². The molecular weight excluding hydrogens is 358 g/mol. The van der Waals surface area contributed by atoms with Crippen molar-refractivity contribution >= 4 is 27.0 Å². The van der Waals surface area contributed by atoms with Crippen molar-refractivity contribution < 1.29 is 13.3 Å². The third kappa shape index (κ3) is 3.74. The predicted octanol–water partition coefficient (Wildman–Crippen LogP) is 1.50. The monoisotopic (exact) mass is 377 g/mol. The molecule has 10 heteroatoms. The molecule has 0 bridgehead atoms. The van der Waals surface area contributed by atoms with Crippen LogP contribution in [0.1, 0.15) is 6.42 Å². The van der Waals surface area contributed by atoms with Crippen LogP contribution in [0.3, 0.4) is 0 Å². The Morgan fingerprint density at radius 1 is 1.08 bits per heavy atom. The first-order valence-electron chi connectivity index (χ1n) is 8.13. The minimum atomic E-state index is -3.70. The van der Waals surface area contributed by atoms with E-state index in [1.54, 1.807) is 18.3 Å². The van der Waals surface area contributed by atoms with Gasteiger partial charge in [-0.05, 0) is 30.7 Å². The zero-order valence-electron chi connectivity index (χ0n) is 14.3. The Kier molecular flexibility index (Phi) is 5.03. The molecule has 0 unspecified atom stereocenters. The maximum Gasteiger partial charge on any atom is 0.311 e. The van der Waals surface area contributed by atoms with Gasteiger partial charge in [0.15, 0.2) is 15.7 Å². The number of nitrogens with zero attached hydrogens (tertiary/aromatic N) is 5. The Balaban J connectivity index is 1.91. The molecule has 0 atom stereocenters. The van der Waals surface area contributed by atoms with Gasteiger partial charge in [-0.3, -0.25) is 10.1 Å². The molecular formula is C16H19N5O4S. The fourth-order valence-corrected chi connectivity index (χ4v) is 3.95. The lowest BCUT2D eigenvalue weighted by atomic mass is 10.2. The minimum absolute atomic E-state index is 0.255. The molecule has 2 aromatic rings. The highest BCUT2D eigenvalue weighted by atomic mass is 32.2. The molecule has 0 spiro atoms. The van der Waals surface area contributed by atoms with Crippen LogP contribution in [0.5, 0.6) is 0 Å². The zero-order valence-corrected chi connectivity index (χ0v) is 15.1. The Morgan fingerprint density at radius 2 is 1.81 bits per heavy atom. The third-order valence-electron chi connectivity index (χ3n) is 4.28. The van der Waals surface area contributed by atoms with E-state index < -0.39 is 14.8 Å². The standard InChI is InChI=1S/C16H19N5O4S/c1-26(24,25)14-6-2-5-13(16(14)21(22)23)19-9-4-10-20(12-11-19)15-7-3-8-17-18-15/h2-3,5-8H,4,9-12H2,1H3. The van der Waals surface area contributed by atoms with E-state index in [1.807, 2.05) is 17.0 Å². The molecule has 0 saturated carbocycles. The van der Waals surface area contributed by atoms with Crippen molar-refractivity contribution in [1.29, 1.82) is 0 Å². The van der Waals surface area contributed by atoms with Crippen LogP contribution in [-0.2, 0) is 9.84 Å². The molecule has 1 fully saturated rings. The Bertz CT molecular complexity index is 904. The molecule has 9 nitrogen and oxygen atoms in total. The lowest BCUT2D eigenvalue weighted by Crippen LogP contribution is -2.31. The second kappa shape index (κ2) is 7.24. The topological polar surface area (TPSA) is 110 Å². The number of hydrogen-bond acceptors (Lipinski definition) is 8. The highest BCUT2D eigenvalue weighted by Crippen LogP contribution is 2.35. The van der Waals surface area contributed by atoms with Crippen LogP contribution in [0.2, 0.25) is 0 Å². The summed E-state index contributed by atoms with van der Waals surface area (Å²) < 4.78 is 23.9. The molecule has 1 aliphatic heterocycles. The second-order valence-electron chi connectivity index (χ2n) is 6.06. The number of aromatic nitrogens is 2. The molecule has 26 heavy (non-hydrogen) atoms. The van der Waals surface area contributed by atoms with E-state index in [0.29, 0.717) is 25.3 Å². The van der Waals surface area contributed by atoms with Crippen molar-refractivity contribution in [3.05, 3.63) is 46.6 Å². The first kappa shape index (κ1) is 18.1.